The van der Waals surface area contributed by atoms with Crippen molar-refractivity contribution in [3.63, 3.8) is 0 Å². The first kappa shape index (κ1) is 11.9. The Bertz CT molecular complexity index is 596. The Morgan fingerprint density at radius 1 is 1.32 bits per heavy atom. The van der Waals surface area contributed by atoms with Crippen LogP contribution in [0.2, 0.25) is 0 Å². The maximum absolute atomic E-state index is 12.1. The Labute approximate surface area is 111 Å². The van der Waals surface area contributed by atoms with Crippen molar-refractivity contribution >= 4 is 5.91 Å². The number of benzene rings is 1. The molecule has 1 fully saturated rings. The number of β-amino-alcohol motifs (C(OH)–C–C–N with tert-alkyl or cyclic N) is 1. The molecule has 1 N–H and O–H groups in total. The molecule has 5 heteroatoms. The predicted octanol–water partition coefficient (Wildman–Crippen LogP) is 1.08. The van der Waals surface area contributed by atoms with Gasteiger partial charge in [0.2, 0.25) is 0 Å². The maximum atomic E-state index is 12.1. The van der Waals surface area contributed by atoms with Gasteiger partial charge < -0.3 is 10.0 Å². The highest BCUT2D eigenvalue weighted by molar-refractivity contribution is 5.94. The van der Waals surface area contributed by atoms with Crippen LogP contribution in [0.15, 0.2) is 42.7 Å². The smallest absolute Gasteiger partial charge is 0.257 e. The molecule has 1 amide bonds. The molecule has 1 aliphatic rings. The molecule has 3 rings (SSSR count). The van der Waals surface area contributed by atoms with Crippen molar-refractivity contribution < 1.29 is 9.90 Å². The first-order valence-electron chi connectivity index (χ1n) is 6.17. The van der Waals surface area contributed by atoms with Gasteiger partial charge in [-0.05, 0) is 19.1 Å². The SMILES string of the molecule is CC1(O)CN(C(=O)c2cnn(-c3ccccc3)c2)C1. The topological polar surface area (TPSA) is 58.4 Å². The molecule has 0 bridgehead atoms. The largest absolute Gasteiger partial charge is 0.386 e. The molecule has 0 aliphatic carbocycles. The highest BCUT2D eigenvalue weighted by Crippen LogP contribution is 2.22. The summed E-state index contributed by atoms with van der Waals surface area (Å²) >= 11 is 0. The third-order valence-corrected chi connectivity index (χ3v) is 3.20. The minimum Gasteiger partial charge on any atom is -0.386 e. The normalized spacial score (nSPS) is 17.1. The van der Waals surface area contributed by atoms with Crippen molar-refractivity contribution in [2.45, 2.75) is 12.5 Å². The summed E-state index contributed by atoms with van der Waals surface area (Å²) in [6.07, 6.45) is 3.27. The Hall–Kier alpha value is -2.14. The molecular formula is C14H15N3O2. The van der Waals surface area contributed by atoms with Crippen LogP contribution in [0.25, 0.3) is 5.69 Å². The van der Waals surface area contributed by atoms with Gasteiger partial charge in [0.1, 0.15) is 0 Å². The monoisotopic (exact) mass is 257 g/mol. The van der Waals surface area contributed by atoms with Crippen molar-refractivity contribution in [1.82, 2.24) is 14.7 Å². The molecule has 2 aromatic rings. The van der Waals surface area contributed by atoms with Gasteiger partial charge in [0.25, 0.3) is 5.91 Å². The van der Waals surface area contributed by atoms with E-state index in [-0.39, 0.29) is 5.91 Å². The lowest BCUT2D eigenvalue weighted by atomic mass is 9.96. The molecule has 1 aromatic heterocycles. The molecule has 5 nitrogen and oxygen atoms in total. The van der Waals surface area contributed by atoms with Crippen molar-refractivity contribution in [2.24, 2.45) is 0 Å². The minimum atomic E-state index is -0.745. The zero-order chi connectivity index (χ0) is 13.5. The molecule has 0 spiro atoms. The van der Waals surface area contributed by atoms with E-state index in [0.717, 1.165) is 5.69 Å². The number of rotatable bonds is 2. The number of nitrogens with zero attached hydrogens (tertiary/aromatic N) is 3. The highest BCUT2D eigenvalue weighted by Gasteiger charge is 2.39. The standard InChI is InChI=1S/C14H15N3O2/c1-14(19)9-16(10-14)13(18)11-7-15-17(8-11)12-5-3-2-4-6-12/h2-8,19H,9-10H2,1H3. The van der Waals surface area contributed by atoms with Crippen LogP contribution in [0.1, 0.15) is 17.3 Å². The van der Waals surface area contributed by atoms with Gasteiger partial charge in [0.05, 0.1) is 36.1 Å². The van der Waals surface area contributed by atoms with Crippen molar-refractivity contribution in [2.75, 3.05) is 13.1 Å². The summed E-state index contributed by atoms with van der Waals surface area (Å²) in [4.78, 5) is 13.7. The lowest BCUT2D eigenvalue weighted by Gasteiger charge is -2.43. The average molecular weight is 257 g/mol. The van der Waals surface area contributed by atoms with Crippen LogP contribution >= 0.6 is 0 Å². The van der Waals surface area contributed by atoms with Crippen LogP contribution in [0, 0.1) is 0 Å². The third-order valence-electron chi connectivity index (χ3n) is 3.20. The van der Waals surface area contributed by atoms with Gasteiger partial charge in [0.15, 0.2) is 0 Å². The van der Waals surface area contributed by atoms with E-state index < -0.39 is 5.60 Å². The lowest BCUT2D eigenvalue weighted by Crippen LogP contribution is -2.61. The van der Waals surface area contributed by atoms with Crippen molar-refractivity contribution in [3.8, 4) is 5.69 Å². The zero-order valence-electron chi connectivity index (χ0n) is 10.7. The fourth-order valence-electron chi connectivity index (χ4n) is 2.26. The second-order valence-corrected chi connectivity index (χ2v) is 5.17. The van der Waals surface area contributed by atoms with E-state index in [9.17, 15) is 9.90 Å². The molecule has 1 saturated heterocycles. The number of likely N-dealkylation sites (tertiary alicyclic amines) is 1. The second-order valence-electron chi connectivity index (χ2n) is 5.17. The van der Waals surface area contributed by atoms with E-state index >= 15 is 0 Å². The van der Waals surface area contributed by atoms with E-state index in [2.05, 4.69) is 5.10 Å². The number of aromatic nitrogens is 2. The van der Waals surface area contributed by atoms with Gasteiger partial charge in [-0.15, -0.1) is 0 Å². The molecule has 0 unspecified atom stereocenters. The number of amides is 1. The van der Waals surface area contributed by atoms with Gasteiger partial charge in [-0.25, -0.2) is 4.68 Å². The van der Waals surface area contributed by atoms with Crippen molar-refractivity contribution in [1.29, 1.82) is 0 Å². The Balaban J connectivity index is 1.77. The first-order chi connectivity index (χ1) is 9.05. The summed E-state index contributed by atoms with van der Waals surface area (Å²) in [5.74, 6) is -0.0892. The average Bonchev–Trinajstić information content (AvgIpc) is 2.85. The molecule has 1 aromatic carbocycles. The quantitative estimate of drug-likeness (QED) is 0.875. The number of hydrogen-bond acceptors (Lipinski definition) is 3. The number of carbonyl (C=O) groups excluding carboxylic acids is 1. The fourth-order valence-corrected chi connectivity index (χ4v) is 2.26. The lowest BCUT2D eigenvalue weighted by molar-refractivity contribution is -0.0668. The molecule has 0 saturated carbocycles. The summed E-state index contributed by atoms with van der Waals surface area (Å²) in [5.41, 5.74) is 0.710. The molecular weight excluding hydrogens is 242 g/mol. The number of para-hydroxylation sites is 1. The van der Waals surface area contributed by atoms with Crippen LogP contribution in [0.4, 0.5) is 0 Å². The Morgan fingerprint density at radius 3 is 2.63 bits per heavy atom. The third kappa shape index (κ3) is 2.24. The Kier molecular flexibility index (Phi) is 2.64. The van der Waals surface area contributed by atoms with Crippen LogP contribution in [0.5, 0.6) is 0 Å². The summed E-state index contributed by atoms with van der Waals surface area (Å²) in [6.45, 7) is 2.48. The van der Waals surface area contributed by atoms with Crippen LogP contribution in [-0.2, 0) is 0 Å². The molecule has 0 radical (unpaired) electrons. The predicted molar refractivity (Wildman–Crippen MR) is 70.1 cm³/mol. The molecule has 98 valence electrons. The number of aliphatic hydroxyl groups is 1. The molecule has 1 aliphatic heterocycles. The van der Waals surface area contributed by atoms with Crippen LogP contribution in [0.3, 0.4) is 0 Å². The number of hydrogen-bond donors (Lipinski definition) is 1. The first-order valence-corrected chi connectivity index (χ1v) is 6.17. The summed E-state index contributed by atoms with van der Waals surface area (Å²) in [7, 11) is 0. The molecule has 2 heterocycles. The molecule has 19 heavy (non-hydrogen) atoms. The maximum Gasteiger partial charge on any atom is 0.257 e. The van der Waals surface area contributed by atoms with E-state index in [1.807, 2.05) is 30.3 Å². The summed E-state index contributed by atoms with van der Waals surface area (Å²) in [5, 5.41) is 13.8. The van der Waals surface area contributed by atoms with Gasteiger partial charge >= 0.3 is 0 Å². The van der Waals surface area contributed by atoms with Gasteiger partial charge in [-0.3, -0.25) is 4.79 Å². The van der Waals surface area contributed by atoms with Crippen molar-refractivity contribution in [3.05, 3.63) is 48.3 Å². The number of carbonyl (C=O) groups is 1. The Morgan fingerprint density at radius 2 is 2.00 bits per heavy atom. The van der Waals surface area contributed by atoms with Crippen LogP contribution < -0.4 is 0 Å². The van der Waals surface area contributed by atoms with Gasteiger partial charge in [-0.1, -0.05) is 18.2 Å². The van der Waals surface area contributed by atoms with E-state index in [0.29, 0.717) is 18.7 Å². The van der Waals surface area contributed by atoms with E-state index in [4.69, 9.17) is 0 Å². The van der Waals surface area contributed by atoms with E-state index in [1.165, 1.54) is 0 Å². The zero-order valence-corrected chi connectivity index (χ0v) is 10.7. The summed E-state index contributed by atoms with van der Waals surface area (Å²) in [6, 6.07) is 9.63. The highest BCUT2D eigenvalue weighted by atomic mass is 16.3. The van der Waals surface area contributed by atoms with Gasteiger partial charge in [-0.2, -0.15) is 5.10 Å². The van der Waals surface area contributed by atoms with E-state index in [1.54, 1.807) is 28.9 Å². The minimum absolute atomic E-state index is 0.0892. The second kappa shape index (κ2) is 4.20. The van der Waals surface area contributed by atoms with Crippen LogP contribution in [-0.4, -0.2) is 44.4 Å². The summed E-state index contributed by atoms with van der Waals surface area (Å²) < 4.78 is 1.67. The fraction of sp³-hybridized carbons (Fsp3) is 0.286. The van der Waals surface area contributed by atoms with Gasteiger partial charge in [0, 0.05) is 6.20 Å². The molecule has 0 atom stereocenters.